The Morgan fingerprint density at radius 3 is 2.26 bits per heavy atom. The van der Waals surface area contributed by atoms with Crippen LogP contribution in [0.15, 0.2) is 34.1 Å². The third-order valence-electron chi connectivity index (χ3n) is 5.69. The van der Waals surface area contributed by atoms with Gasteiger partial charge in [-0.15, -0.1) is 0 Å². The third-order valence-corrected chi connectivity index (χ3v) is 5.69. The van der Waals surface area contributed by atoms with Crippen LogP contribution in [0.25, 0.3) is 11.2 Å². The van der Waals surface area contributed by atoms with Crippen LogP contribution in [0, 0.1) is 0 Å². The third kappa shape index (κ3) is 5.53. The maximum absolute atomic E-state index is 13.0. The van der Waals surface area contributed by atoms with E-state index >= 15 is 0 Å². The molecule has 1 amide bonds. The smallest absolute Gasteiger partial charge is 0.332 e. The summed E-state index contributed by atoms with van der Waals surface area (Å²) in [6.07, 6.45) is 1.98. The van der Waals surface area contributed by atoms with Gasteiger partial charge in [0.05, 0.1) is 27.7 Å². The van der Waals surface area contributed by atoms with Crippen molar-refractivity contribution in [1.82, 2.24) is 23.6 Å². The SMILES string of the molecule is COC(=O)CN(Cc1cc(OC)cc(OC)c1)C(=O)CCCn1cnc2c1c(=O)n(C)c(=O)n2C. The number of benzene rings is 1. The van der Waals surface area contributed by atoms with Crippen molar-refractivity contribution in [3.63, 3.8) is 0 Å². The zero-order chi connectivity index (χ0) is 25.7. The fourth-order valence-corrected chi connectivity index (χ4v) is 3.76. The van der Waals surface area contributed by atoms with E-state index < -0.39 is 17.2 Å². The Balaban J connectivity index is 1.76. The normalized spacial score (nSPS) is 10.9. The number of aromatic nitrogens is 4. The number of nitrogens with zero attached hydrogens (tertiary/aromatic N) is 5. The lowest BCUT2D eigenvalue weighted by Gasteiger charge is -2.22. The van der Waals surface area contributed by atoms with Gasteiger partial charge in [-0.25, -0.2) is 9.78 Å². The molecule has 0 aliphatic rings. The zero-order valence-corrected chi connectivity index (χ0v) is 20.4. The second-order valence-electron chi connectivity index (χ2n) is 7.97. The highest BCUT2D eigenvalue weighted by molar-refractivity contribution is 5.82. The van der Waals surface area contributed by atoms with Gasteiger partial charge in [-0.05, 0) is 24.1 Å². The van der Waals surface area contributed by atoms with Gasteiger partial charge in [0, 0.05) is 39.7 Å². The molecule has 0 spiro atoms. The summed E-state index contributed by atoms with van der Waals surface area (Å²) in [6, 6.07) is 5.24. The number of amides is 1. The molecule has 188 valence electrons. The Hall–Kier alpha value is -4.09. The van der Waals surface area contributed by atoms with Crippen molar-refractivity contribution in [2.45, 2.75) is 25.9 Å². The molecule has 0 saturated heterocycles. The lowest BCUT2D eigenvalue weighted by Crippen LogP contribution is -2.37. The van der Waals surface area contributed by atoms with Gasteiger partial charge >= 0.3 is 11.7 Å². The summed E-state index contributed by atoms with van der Waals surface area (Å²) in [5.74, 6) is 0.320. The molecule has 1 aromatic carbocycles. The number of carbonyl (C=O) groups excluding carboxylic acids is 2. The van der Waals surface area contributed by atoms with Crippen LogP contribution in [-0.4, -0.2) is 63.3 Å². The van der Waals surface area contributed by atoms with Crippen molar-refractivity contribution in [2.75, 3.05) is 27.9 Å². The predicted octanol–water partition coefficient (Wildman–Crippen LogP) is 0.433. The molecule has 0 unspecified atom stereocenters. The van der Waals surface area contributed by atoms with E-state index in [-0.39, 0.29) is 36.6 Å². The molecule has 3 aromatic rings. The molecule has 0 radical (unpaired) electrons. The summed E-state index contributed by atoms with van der Waals surface area (Å²) in [6.45, 7) is 0.262. The van der Waals surface area contributed by atoms with Crippen LogP contribution in [0.2, 0.25) is 0 Å². The monoisotopic (exact) mass is 487 g/mol. The van der Waals surface area contributed by atoms with E-state index in [1.807, 2.05) is 0 Å². The summed E-state index contributed by atoms with van der Waals surface area (Å²) in [5.41, 5.74) is 0.380. The maximum atomic E-state index is 13.0. The van der Waals surface area contributed by atoms with Crippen molar-refractivity contribution in [3.8, 4) is 11.5 Å². The zero-order valence-electron chi connectivity index (χ0n) is 20.4. The van der Waals surface area contributed by atoms with Crippen LogP contribution in [0.1, 0.15) is 18.4 Å². The minimum atomic E-state index is -0.543. The number of hydrogen-bond donors (Lipinski definition) is 0. The topological polar surface area (TPSA) is 127 Å². The number of hydrogen-bond acceptors (Lipinski definition) is 8. The fourth-order valence-electron chi connectivity index (χ4n) is 3.76. The Morgan fingerprint density at radius 1 is 1.00 bits per heavy atom. The van der Waals surface area contributed by atoms with E-state index in [1.165, 1.54) is 44.2 Å². The summed E-state index contributed by atoms with van der Waals surface area (Å²) in [7, 11) is 7.27. The second-order valence-corrected chi connectivity index (χ2v) is 7.97. The largest absolute Gasteiger partial charge is 0.497 e. The first kappa shape index (κ1) is 25.5. The highest BCUT2D eigenvalue weighted by Gasteiger charge is 2.20. The molecular weight excluding hydrogens is 458 g/mol. The average molecular weight is 488 g/mol. The Bertz CT molecular complexity index is 1330. The highest BCUT2D eigenvalue weighted by Crippen LogP contribution is 2.23. The molecule has 12 nitrogen and oxygen atoms in total. The minimum absolute atomic E-state index is 0.115. The van der Waals surface area contributed by atoms with E-state index in [2.05, 4.69) is 4.98 Å². The highest BCUT2D eigenvalue weighted by atomic mass is 16.5. The number of carbonyl (C=O) groups is 2. The average Bonchev–Trinajstić information content (AvgIpc) is 3.29. The molecule has 0 fully saturated rings. The van der Waals surface area contributed by atoms with Gasteiger partial charge in [0.2, 0.25) is 5.91 Å². The maximum Gasteiger partial charge on any atom is 0.332 e. The standard InChI is InChI=1S/C23H29N5O7/c1-25-21-20(22(31)26(2)23(25)32)27(14-24-21)8-6-7-18(29)28(13-19(30)35-5)12-15-9-16(33-3)11-17(10-15)34-4/h9-11,14H,6-8,12-13H2,1-5H3. The quantitative estimate of drug-likeness (QED) is 0.377. The van der Waals surface area contributed by atoms with E-state index in [4.69, 9.17) is 14.2 Å². The first-order chi connectivity index (χ1) is 16.7. The molecule has 0 saturated carbocycles. The molecule has 2 heterocycles. The van der Waals surface area contributed by atoms with E-state index in [0.717, 1.165) is 10.1 Å². The van der Waals surface area contributed by atoms with Gasteiger partial charge < -0.3 is 23.7 Å². The summed E-state index contributed by atoms with van der Waals surface area (Å²) >= 11 is 0. The molecule has 3 rings (SSSR count). The molecule has 0 N–H and O–H groups in total. The lowest BCUT2D eigenvalue weighted by atomic mass is 10.1. The van der Waals surface area contributed by atoms with E-state index in [9.17, 15) is 19.2 Å². The fraction of sp³-hybridized carbons (Fsp3) is 0.435. The minimum Gasteiger partial charge on any atom is -0.497 e. The number of aryl methyl sites for hydroxylation is 2. The van der Waals surface area contributed by atoms with Crippen molar-refractivity contribution < 1.29 is 23.8 Å². The molecule has 0 atom stereocenters. The Morgan fingerprint density at radius 2 is 1.66 bits per heavy atom. The molecule has 0 bridgehead atoms. The van der Waals surface area contributed by atoms with Crippen LogP contribution < -0.4 is 20.7 Å². The molecule has 0 aliphatic carbocycles. The van der Waals surface area contributed by atoms with Gasteiger partial charge in [0.25, 0.3) is 5.56 Å². The number of ether oxygens (including phenoxy) is 3. The van der Waals surface area contributed by atoms with Crippen molar-refractivity contribution in [1.29, 1.82) is 0 Å². The van der Waals surface area contributed by atoms with Crippen molar-refractivity contribution in [3.05, 3.63) is 50.9 Å². The van der Waals surface area contributed by atoms with Gasteiger partial charge in [-0.3, -0.25) is 23.5 Å². The first-order valence-corrected chi connectivity index (χ1v) is 10.9. The molecule has 2 aromatic heterocycles. The predicted molar refractivity (Wildman–Crippen MR) is 126 cm³/mol. The number of rotatable bonds is 10. The van der Waals surface area contributed by atoms with Crippen LogP contribution >= 0.6 is 0 Å². The Kier molecular flexibility index (Phi) is 7.94. The number of esters is 1. The summed E-state index contributed by atoms with van der Waals surface area (Å²) < 4.78 is 19.3. The molecule has 12 heteroatoms. The number of imidazole rings is 1. The van der Waals surface area contributed by atoms with Crippen LogP contribution in [0.4, 0.5) is 0 Å². The summed E-state index contributed by atoms with van der Waals surface area (Å²) in [4.78, 5) is 55.3. The van der Waals surface area contributed by atoms with Gasteiger partial charge in [0.1, 0.15) is 18.0 Å². The van der Waals surface area contributed by atoms with Crippen molar-refractivity contribution >= 4 is 23.0 Å². The molecular formula is C23H29N5O7. The second kappa shape index (κ2) is 10.9. The van der Waals surface area contributed by atoms with Crippen LogP contribution in [0.3, 0.4) is 0 Å². The van der Waals surface area contributed by atoms with Crippen LogP contribution in [0.5, 0.6) is 11.5 Å². The first-order valence-electron chi connectivity index (χ1n) is 10.9. The van der Waals surface area contributed by atoms with E-state index in [0.29, 0.717) is 24.5 Å². The number of methoxy groups -OCH3 is 3. The van der Waals surface area contributed by atoms with Crippen LogP contribution in [-0.2, 0) is 41.5 Å². The van der Waals surface area contributed by atoms with Gasteiger partial charge in [-0.2, -0.15) is 0 Å². The Labute approximate surface area is 201 Å². The van der Waals surface area contributed by atoms with E-state index in [1.54, 1.807) is 29.8 Å². The van der Waals surface area contributed by atoms with Crippen molar-refractivity contribution in [2.24, 2.45) is 14.1 Å². The molecule has 35 heavy (non-hydrogen) atoms. The summed E-state index contributed by atoms with van der Waals surface area (Å²) in [5, 5.41) is 0. The van der Waals surface area contributed by atoms with Gasteiger partial charge in [-0.1, -0.05) is 0 Å². The van der Waals surface area contributed by atoms with Gasteiger partial charge in [0.15, 0.2) is 11.2 Å². The molecule has 0 aliphatic heterocycles. The lowest BCUT2D eigenvalue weighted by molar-refractivity contribution is -0.147. The number of fused-ring (bicyclic) bond motifs is 1.